The molecule has 0 aromatic heterocycles. The van der Waals surface area contributed by atoms with Gasteiger partial charge in [0.15, 0.2) is 0 Å². The number of fused-ring (bicyclic) bond motifs is 2. The zero-order chi connectivity index (χ0) is 11.0. The fraction of sp³-hybridized carbons (Fsp3) is 1.00. The van der Waals surface area contributed by atoms with Gasteiger partial charge in [-0.2, -0.15) is 11.8 Å². The average molecular weight is 240 g/mol. The Hall–Kier alpha value is 0.310. The number of hydrogen-bond donors (Lipinski definition) is 1. The average Bonchev–Trinajstić information content (AvgIpc) is 2.59. The lowest BCUT2D eigenvalue weighted by Gasteiger charge is -2.39. The van der Waals surface area contributed by atoms with E-state index >= 15 is 0 Å². The fourth-order valence-corrected chi connectivity index (χ4v) is 6.01. The Morgan fingerprint density at radius 2 is 1.56 bits per heavy atom. The molecule has 0 spiro atoms. The lowest BCUT2D eigenvalue weighted by Crippen LogP contribution is -2.39. The second kappa shape index (κ2) is 4.53. The Morgan fingerprint density at radius 3 is 2.19 bits per heavy atom. The van der Waals surface area contributed by atoms with Gasteiger partial charge < -0.3 is 5.11 Å². The molecule has 3 fully saturated rings. The van der Waals surface area contributed by atoms with E-state index < -0.39 is 0 Å². The molecule has 2 bridgehead atoms. The van der Waals surface area contributed by atoms with Crippen LogP contribution in [-0.4, -0.2) is 21.2 Å². The first-order valence-electron chi connectivity index (χ1n) is 7.11. The standard InChI is InChI=1S/C14H24OS/c15-14(8-11-4-2-1-3-5-11)9-12-6-7-13(10-14)16-12/h11-13,15H,1-10H2. The summed E-state index contributed by atoms with van der Waals surface area (Å²) in [7, 11) is 0. The molecule has 92 valence electrons. The van der Waals surface area contributed by atoms with Crippen molar-refractivity contribution in [2.24, 2.45) is 5.92 Å². The van der Waals surface area contributed by atoms with Gasteiger partial charge in [0, 0.05) is 10.5 Å². The van der Waals surface area contributed by atoms with Crippen LogP contribution in [-0.2, 0) is 0 Å². The van der Waals surface area contributed by atoms with Crippen LogP contribution in [0.15, 0.2) is 0 Å². The molecule has 3 rings (SSSR count). The largest absolute Gasteiger partial charge is 0.390 e. The van der Waals surface area contributed by atoms with Gasteiger partial charge in [-0.25, -0.2) is 0 Å². The van der Waals surface area contributed by atoms with E-state index in [1.54, 1.807) is 0 Å². The van der Waals surface area contributed by atoms with Gasteiger partial charge in [-0.15, -0.1) is 0 Å². The zero-order valence-electron chi connectivity index (χ0n) is 10.2. The minimum absolute atomic E-state index is 0.279. The summed E-state index contributed by atoms with van der Waals surface area (Å²) < 4.78 is 0. The summed E-state index contributed by atoms with van der Waals surface area (Å²) in [6, 6.07) is 0. The molecule has 3 aliphatic rings. The summed E-state index contributed by atoms with van der Waals surface area (Å²) in [5.74, 6) is 0.834. The van der Waals surface area contributed by atoms with Crippen LogP contribution in [0.5, 0.6) is 0 Å². The molecule has 0 aromatic rings. The van der Waals surface area contributed by atoms with Crippen molar-refractivity contribution in [2.75, 3.05) is 0 Å². The molecule has 2 atom stereocenters. The molecule has 2 heterocycles. The highest BCUT2D eigenvalue weighted by Gasteiger charge is 2.44. The molecule has 0 radical (unpaired) electrons. The van der Waals surface area contributed by atoms with E-state index in [0.717, 1.165) is 35.7 Å². The second-order valence-corrected chi connectivity index (χ2v) is 7.90. The summed E-state index contributed by atoms with van der Waals surface area (Å²) >= 11 is 2.16. The zero-order valence-corrected chi connectivity index (χ0v) is 11.0. The normalized spacial score (nSPS) is 44.8. The molecule has 2 unspecified atom stereocenters. The lowest BCUT2D eigenvalue weighted by atomic mass is 9.78. The van der Waals surface area contributed by atoms with E-state index in [-0.39, 0.29) is 5.60 Å². The van der Waals surface area contributed by atoms with Crippen LogP contribution in [0.1, 0.15) is 64.2 Å². The minimum atomic E-state index is -0.279. The summed E-state index contributed by atoms with van der Waals surface area (Å²) in [6.07, 6.45) is 13.0. The molecule has 0 amide bonds. The van der Waals surface area contributed by atoms with Crippen LogP contribution in [0.25, 0.3) is 0 Å². The third-order valence-electron chi connectivity index (χ3n) is 4.80. The van der Waals surface area contributed by atoms with Gasteiger partial charge in [-0.1, -0.05) is 32.1 Å². The summed E-state index contributed by atoms with van der Waals surface area (Å²) in [4.78, 5) is 0. The number of hydrogen-bond acceptors (Lipinski definition) is 2. The third-order valence-corrected chi connectivity index (χ3v) is 6.38. The number of thioether (sulfide) groups is 1. The smallest absolute Gasteiger partial charge is 0.0671 e. The SMILES string of the molecule is OC1(CC2CCCCC2)CC2CCC(C1)S2. The summed E-state index contributed by atoms with van der Waals surface area (Å²) in [5.41, 5.74) is -0.279. The van der Waals surface area contributed by atoms with Crippen LogP contribution in [0, 0.1) is 5.92 Å². The summed E-state index contributed by atoms with van der Waals surface area (Å²) in [6.45, 7) is 0. The molecular weight excluding hydrogens is 216 g/mol. The van der Waals surface area contributed by atoms with Crippen LogP contribution >= 0.6 is 11.8 Å². The van der Waals surface area contributed by atoms with Crippen molar-refractivity contribution in [3.63, 3.8) is 0 Å². The van der Waals surface area contributed by atoms with Crippen molar-refractivity contribution in [3.05, 3.63) is 0 Å². The maximum absolute atomic E-state index is 10.8. The first-order chi connectivity index (χ1) is 7.73. The van der Waals surface area contributed by atoms with Crippen LogP contribution in [0.4, 0.5) is 0 Å². The highest BCUT2D eigenvalue weighted by Crippen LogP contribution is 2.50. The molecular formula is C14H24OS. The van der Waals surface area contributed by atoms with E-state index in [1.165, 1.54) is 44.9 Å². The van der Waals surface area contributed by atoms with E-state index in [0.29, 0.717) is 0 Å². The maximum atomic E-state index is 10.8. The van der Waals surface area contributed by atoms with Gasteiger partial charge >= 0.3 is 0 Å². The van der Waals surface area contributed by atoms with Gasteiger partial charge in [-0.3, -0.25) is 0 Å². The highest BCUT2D eigenvalue weighted by atomic mass is 32.2. The molecule has 1 N–H and O–H groups in total. The molecule has 1 saturated carbocycles. The highest BCUT2D eigenvalue weighted by molar-refractivity contribution is 8.00. The second-order valence-electron chi connectivity index (χ2n) is 6.30. The molecule has 1 aliphatic carbocycles. The lowest BCUT2D eigenvalue weighted by molar-refractivity contribution is -0.00457. The van der Waals surface area contributed by atoms with E-state index in [2.05, 4.69) is 11.8 Å². The first-order valence-corrected chi connectivity index (χ1v) is 8.06. The Bertz CT molecular complexity index is 235. The van der Waals surface area contributed by atoms with Crippen molar-refractivity contribution in [2.45, 2.75) is 80.3 Å². The predicted octanol–water partition coefficient (Wildman–Crippen LogP) is 3.75. The predicted molar refractivity (Wildman–Crippen MR) is 69.8 cm³/mol. The number of aliphatic hydroxyl groups is 1. The van der Waals surface area contributed by atoms with E-state index in [4.69, 9.17) is 0 Å². The molecule has 2 saturated heterocycles. The van der Waals surface area contributed by atoms with Crippen LogP contribution in [0.3, 0.4) is 0 Å². The molecule has 0 aromatic carbocycles. The Balaban J connectivity index is 1.60. The first kappa shape index (κ1) is 11.4. The van der Waals surface area contributed by atoms with E-state index in [1.807, 2.05) is 0 Å². The topological polar surface area (TPSA) is 20.2 Å². The van der Waals surface area contributed by atoms with Crippen LogP contribution in [0.2, 0.25) is 0 Å². The van der Waals surface area contributed by atoms with Crippen molar-refractivity contribution < 1.29 is 5.11 Å². The maximum Gasteiger partial charge on any atom is 0.0671 e. The van der Waals surface area contributed by atoms with Crippen LogP contribution < -0.4 is 0 Å². The van der Waals surface area contributed by atoms with Crippen molar-refractivity contribution in [1.29, 1.82) is 0 Å². The van der Waals surface area contributed by atoms with Crippen molar-refractivity contribution in [1.82, 2.24) is 0 Å². The van der Waals surface area contributed by atoms with Gasteiger partial charge in [0.2, 0.25) is 0 Å². The Morgan fingerprint density at radius 1 is 0.938 bits per heavy atom. The molecule has 2 heteroatoms. The van der Waals surface area contributed by atoms with Crippen molar-refractivity contribution >= 4 is 11.8 Å². The molecule has 2 aliphatic heterocycles. The van der Waals surface area contributed by atoms with Crippen molar-refractivity contribution in [3.8, 4) is 0 Å². The Labute approximate surface area is 103 Å². The minimum Gasteiger partial charge on any atom is -0.390 e. The Kier molecular flexibility index (Phi) is 3.23. The molecule has 1 nitrogen and oxygen atoms in total. The van der Waals surface area contributed by atoms with E-state index in [9.17, 15) is 5.11 Å². The van der Waals surface area contributed by atoms with Gasteiger partial charge in [0.25, 0.3) is 0 Å². The third kappa shape index (κ3) is 2.43. The molecule has 16 heavy (non-hydrogen) atoms. The van der Waals surface area contributed by atoms with Gasteiger partial charge in [0.1, 0.15) is 0 Å². The summed E-state index contributed by atoms with van der Waals surface area (Å²) in [5, 5.41) is 12.4. The monoisotopic (exact) mass is 240 g/mol. The van der Waals surface area contributed by atoms with Gasteiger partial charge in [0.05, 0.1) is 5.60 Å². The fourth-order valence-electron chi connectivity index (χ4n) is 4.11. The van der Waals surface area contributed by atoms with Gasteiger partial charge in [-0.05, 0) is 38.0 Å². The quantitative estimate of drug-likeness (QED) is 0.793. The number of rotatable bonds is 2.